The fraction of sp³-hybridized carbons (Fsp3) is 0.485. The van der Waals surface area contributed by atoms with Crippen LogP contribution >= 0.6 is 0 Å². The van der Waals surface area contributed by atoms with Gasteiger partial charge in [0.05, 0.1) is 0 Å². The number of nitrogens with zero attached hydrogens (tertiary/aromatic N) is 1. The minimum absolute atomic E-state index is 0.0752. The van der Waals surface area contributed by atoms with Crippen LogP contribution in [0.15, 0.2) is 53.5 Å². The summed E-state index contributed by atoms with van der Waals surface area (Å²) >= 11 is 0. The highest BCUT2D eigenvalue weighted by molar-refractivity contribution is 6.01. The highest BCUT2D eigenvalue weighted by atomic mass is 16.6. The second kappa shape index (κ2) is 13.2. The second-order valence-electron chi connectivity index (χ2n) is 13.4. The number of fused-ring (bicyclic) bond motifs is 3. The van der Waals surface area contributed by atoms with Crippen LogP contribution in [0.3, 0.4) is 0 Å². The van der Waals surface area contributed by atoms with Gasteiger partial charge in [-0.1, -0.05) is 48.5 Å². The van der Waals surface area contributed by atoms with Crippen molar-refractivity contribution in [2.75, 3.05) is 13.2 Å². The van der Waals surface area contributed by atoms with Crippen molar-refractivity contribution in [2.24, 2.45) is 10.9 Å². The van der Waals surface area contributed by atoms with Gasteiger partial charge in [-0.05, 0) is 89.0 Å². The molecule has 12 heteroatoms. The molecule has 0 bridgehead atoms. The lowest BCUT2D eigenvalue weighted by Crippen LogP contribution is -2.62. The zero-order chi connectivity index (χ0) is 33.0. The van der Waals surface area contributed by atoms with Crippen LogP contribution in [0.4, 0.5) is 14.4 Å². The van der Waals surface area contributed by atoms with Crippen LogP contribution in [0.25, 0.3) is 11.1 Å². The van der Waals surface area contributed by atoms with Crippen molar-refractivity contribution in [3.8, 4) is 11.1 Å². The van der Waals surface area contributed by atoms with Gasteiger partial charge in [-0.15, -0.1) is 0 Å². The summed E-state index contributed by atoms with van der Waals surface area (Å²) < 4.78 is 16.1. The first-order valence-electron chi connectivity index (χ1n) is 15.0. The van der Waals surface area contributed by atoms with Crippen molar-refractivity contribution in [3.05, 3.63) is 59.7 Å². The van der Waals surface area contributed by atoms with Crippen LogP contribution in [0.2, 0.25) is 0 Å². The topological polar surface area (TPSA) is 165 Å². The maximum atomic E-state index is 12.8. The van der Waals surface area contributed by atoms with Gasteiger partial charge in [0.15, 0.2) is 0 Å². The van der Waals surface area contributed by atoms with Gasteiger partial charge >= 0.3 is 24.2 Å². The summed E-state index contributed by atoms with van der Waals surface area (Å²) in [6, 6.07) is 15.9. The number of aliphatic imine (C=N–C) groups is 1. The number of alkyl carbamates (subject to hydrolysis) is 3. The quantitative estimate of drug-likeness (QED) is 0.177. The number of amides is 3. The SMILES string of the molecule is CC(C)(C)OC(=O)NC(=NCCC1CC(NC(=O)OCC2c3ccccc3-c3ccccc32)(C(=O)O)C1)NC(=O)OC(C)(C)C. The lowest BCUT2D eigenvalue weighted by atomic mass is 9.67. The maximum Gasteiger partial charge on any atom is 0.414 e. The van der Waals surface area contributed by atoms with E-state index in [2.05, 4.69) is 20.9 Å². The number of ether oxygens (including phenoxy) is 3. The van der Waals surface area contributed by atoms with E-state index in [-0.39, 0.29) is 43.8 Å². The number of carboxylic acids is 1. The van der Waals surface area contributed by atoms with Gasteiger partial charge in [0.1, 0.15) is 23.3 Å². The molecule has 2 aromatic rings. The van der Waals surface area contributed by atoms with E-state index in [9.17, 15) is 24.3 Å². The van der Waals surface area contributed by atoms with Crippen molar-refractivity contribution in [2.45, 2.75) is 83.5 Å². The number of rotatable bonds is 7. The number of aliphatic carboxylic acids is 1. The number of nitrogens with one attached hydrogen (secondary N) is 3. The molecule has 0 heterocycles. The van der Waals surface area contributed by atoms with E-state index in [0.717, 1.165) is 22.3 Å². The molecule has 2 aliphatic carbocycles. The Bertz CT molecular complexity index is 1390. The zero-order valence-corrected chi connectivity index (χ0v) is 26.6. The Labute approximate surface area is 262 Å². The summed E-state index contributed by atoms with van der Waals surface area (Å²) in [4.78, 5) is 53.9. The van der Waals surface area contributed by atoms with E-state index in [1.165, 1.54) is 0 Å². The van der Waals surface area contributed by atoms with Gasteiger partial charge in [-0.2, -0.15) is 0 Å². The Morgan fingerprint density at radius 2 is 1.31 bits per heavy atom. The minimum atomic E-state index is -1.46. The maximum absolute atomic E-state index is 12.8. The first-order valence-corrected chi connectivity index (χ1v) is 15.0. The summed E-state index contributed by atoms with van der Waals surface area (Å²) in [5.41, 5.74) is 1.32. The van der Waals surface area contributed by atoms with Crippen molar-refractivity contribution in [1.29, 1.82) is 0 Å². The minimum Gasteiger partial charge on any atom is -0.480 e. The lowest BCUT2D eigenvalue weighted by Gasteiger charge is -2.44. The molecule has 1 fully saturated rings. The van der Waals surface area contributed by atoms with Crippen LogP contribution in [0.5, 0.6) is 0 Å². The molecule has 45 heavy (non-hydrogen) atoms. The standard InChI is InChI=1S/C33H42N4O8/c1-31(2,3)44-28(40)35-27(36-29(41)45-32(4,5)6)34-16-15-20-17-33(18-20,26(38)39)37-30(42)43-19-25-23-13-9-7-11-21(23)22-12-8-10-14-24(22)25/h7-14,20,25H,15-19H2,1-6H3,(H,37,42)(H,38,39)(H2,34,35,36,40,41). The molecule has 4 N–H and O–H groups in total. The second-order valence-corrected chi connectivity index (χ2v) is 13.4. The molecule has 0 atom stereocenters. The summed E-state index contributed by atoms with van der Waals surface area (Å²) in [6.45, 7) is 10.4. The van der Waals surface area contributed by atoms with Gasteiger partial charge in [-0.3, -0.25) is 15.6 Å². The van der Waals surface area contributed by atoms with Crippen LogP contribution in [-0.2, 0) is 19.0 Å². The third-order valence-electron chi connectivity index (χ3n) is 7.41. The van der Waals surface area contributed by atoms with Crippen LogP contribution in [0, 0.1) is 5.92 Å². The Hall–Kier alpha value is -4.61. The normalized spacial score (nSPS) is 18.8. The molecule has 3 amide bonds. The van der Waals surface area contributed by atoms with Crippen LogP contribution in [-0.4, -0.2) is 65.2 Å². The molecule has 0 aromatic heterocycles. The molecule has 0 aliphatic heterocycles. The smallest absolute Gasteiger partial charge is 0.414 e. The highest BCUT2D eigenvalue weighted by Gasteiger charge is 2.51. The number of carbonyl (C=O) groups is 4. The molecule has 4 rings (SSSR count). The van der Waals surface area contributed by atoms with Gasteiger partial charge < -0.3 is 24.6 Å². The van der Waals surface area contributed by atoms with Crippen molar-refractivity contribution in [3.63, 3.8) is 0 Å². The molecule has 2 aromatic carbocycles. The molecule has 0 spiro atoms. The Kier molecular flexibility index (Phi) is 9.74. The van der Waals surface area contributed by atoms with E-state index >= 15 is 0 Å². The van der Waals surface area contributed by atoms with Crippen molar-refractivity contribution < 1.29 is 38.5 Å². The Balaban J connectivity index is 1.32. The number of carboxylic acid groups (broad SMARTS) is 1. The Morgan fingerprint density at radius 3 is 1.78 bits per heavy atom. The average molecular weight is 623 g/mol. The van der Waals surface area contributed by atoms with E-state index in [0.29, 0.717) is 6.42 Å². The van der Waals surface area contributed by atoms with Crippen molar-refractivity contribution >= 4 is 30.2 Å². The predicted octanol–water partition coefficient (Wildman–Crippen LogP) is 5.55. The molecule has 0 saturated heterocycles. The first-order chi connectivity index (χ1) is 21.1. The van der Waals surface area contributed by atoms with Gasteiger partial charge in [-0.25, -0.2) is 19.2 Å². The third kappa shape index (κ3) is 8.74. The monoisotopic (exact) mass is 622 g/mol. The van der Waals surface area contributed by atoms with Gasteiger partial charge in [0.25, 0.3) is 0 Å². The zero-order valence-electron chi connectivity index (χ0n) is 26.6. The third-order valence-corrected chi connectivity index (χ3v) is 7.41. The van der Waals surface area contributed by atoms with E-state index in [1.807, 2.05) is 48.5 Å². The highest BCUT2D eigenvalue weighted by Crippen LogP contribution is 2.45. The number of hydrogen-bond acceptors (Lipinski definition) is 8. The fourth-order valence-corrected chi connectivity index (χ4v) is 5.56. The summed E-state index contributed by atoms with van der Waals surface area (Å²) in [5, 5.41) is 17.4. The van der Waals surface area contributed by atoms with Crippen LogP contribution in [0.1, 0.15) is 77.8 Å². The van der Waals surface area contributed by atoms with E-state index in [1.54, 1.807) is 41.5 Å². The van der Waals surface area contributed by atoms with Gasteiger partial charge in [0, 0.05) is 12.5 Å². The largest absolute Gasteiger partial charge is 0.480 e. The lowest BCUT2D eigenvalue weighted by molar-refractivity contribution is -0.151. The van der Waals surface area contributed by atoms with Gasteiger partial charge in [0.2, 0.25) is 5.96 Å². The number of carbonyl (C=O) groups excluding carboxylic acids is 3. The summed E-state index contributed by atoms with van der Waals surface area (Å²) in [5.74, 6) is -1.52. The molecular formula is C33H42N4O8. The average Bonchev–Trinajstić information content (AvgIpc) is 3.21. The molecule has 242 valence electrons. The summed E-state index contributed by atoms with van der Waals surface area (Å²) in [6.07, 6.45) is -1.61. The Morgan fingerprint density at radius 1 is 0.822 bits per heavy atom. The van der Waals surface area contributed by atoms with Crippen LogP contribution < -0.4 is 16.0 Å². The molecule has 0 unspecified atom stereocenters. The molecular weight excluding hydrogens is 580 g/mol. The predicted molar refractivity (Wildman–Crippen MR) is 167 cm³/mol. The molecule has 1 saturated carbocycles. The first kappa shape index (κ1) is 33.3. The number of benzene rings is 2. The summed E-state index contributed by atoms with van der Waals surface area (Å²) in [7, 11) is 0. The van der Waals surface area contributed by atoms with Crippen molar-refractivity contribution in [1.82, 2.24) is 16.0 Å². The number of hydrogen-bond donors (Lipinski definition) is 4. The fourth-order valence-electron chi connectivity index (χ4n) is 5.56. The molecule has 0 radical (unpaired) electrons. The van der Waals surface area contributed by atoms with E-state index in [4.69, 9.17) is 14.2 Å². The molecule has 2 aliphatic rings. The molecule has 12 nitrogen and oxygen atoms in total. The van der Waals surface area contributed by atoms with E-state index < -0.39 is 41.0 Å². The number of guanidine groups is 1.